The van der Waals surface area contributed by atoms with Crippen LogP contribution in [0.4, 0.5) is 10.6 Å². The SMILES string of the molecule is CN(CCC(=O)Nc1cc(-c2[nH]c3c(c2Cc2ccccc2)C(=O)CCC3)ccn1)C(=O)OC(C)(C)C. The Labute approximate surface area is 217 Å². The molecule has 2 aromatic heterocycles. The Kier molecular flexibility index (Phi) is 7.76. The van der Waals surface area contributed by atoms with Crippen molar-refractivity contribution in [2.24, 2.45) is 0 Å². The molecular formula is C29H34N4O4. The van der Waals surface area contributed by atoms with Crippen molar-refractivity contribution in [3.63, 3.8) is 0 Å². The van der Waals surface area contributed by atoms with E-state index in [0.29, 0.717) is 18.7 Å². The molecule has 1 aliphatic carbocycles. The van der Waals surface area contributed by atoms with Gasteiger partial charge in [-0.05, 0) is 56.9 Å². The minimum atomic E-state index is -0.598. The van der Waals surface area contributed by atoms with E-state index in [9.17, 15) is 14.4 Å². The highest BCUT2D eigenvalue weighted by Crippen LogP contribution is 2.35. The smallest absolute Gasteiger partial charge is 0.410 e. The molecule has 0 bridgehead atoms. The molecule has 0 atom stereocenters. The van der Waals surface area contributed by atoms with Crippen LogP contribution in [-0.2, 0) is 22.4 Å². The number of ether oxygens (including phenoxy) is 1. The zero-order chi connectivity index (χ0) is 26.6. The Bertz CT molecular complexity index is 1290. The highest BCUT2D eigenvalue weighted by Gasteiger charge is 2.27. The summed E-state index contributed by atoms with van der Waals surface area (Å²) in [7, 11) is 1.60. The number of hydrogen-bond donors (Lipinski definition) is 2. The Hall–Kier alpha value is -3.94. The summed E-state index contributed by atoms with van der Waals surface area (Å²) in [5.74, 6) is 0.323. The largest absolute Gasteiger partial charge is 0.444 e. The lowest BCUT2D eigenvalue weighted by Gasteiger charge is -2.24. The van der Waals surface area contributed by atoms with Crippen molar-refractivity contribution in [1.82, 2.24) is 14.9 Å². The van der Waals surface area contributed by atoms with E-state index in [1.165, 1.54) is 4.90 Å². The molecule has 3 aromatic rings. The van der Waals surface area contributed by atoms with Crippen LogP contribution in [0.3, 0.4) is 0 Å². The molecular weight excluding hydrogens is 468 g/mol. The molecule has 4 rings (SSSR count). The minimum Gasteiger partial charge on any atom is -0.444 e. The number of aromatic amines is 1. The van der Waals surface area contributed by atoms with E-state index < -0.39 is 11.7 Å². The molecule has 2 N–H and O–H groups in total. The van der Waals surface area contributed by atoms with Crippen molar-refractivity contribution >= 4 is 23.6 Å². The van der Waals surface area contributed by atoms with Gasteiger partial charge in [0, 0.05) is 55.9 Å². The third kappa shape index (κ3) is 6.64. The second kappa shape index (κ2) is 11.0. The number of benzene rings is 1. The summed E-state index contributed by atoms with van der Waals surface area (Å²) in [5.41, 5.74) is 5.02. The first-order chi connectivity index (χ1) is 17.6. The number of H-pyrrole nitrogens is 1. The normalized spacial score (nSPS) is 13.1. The first-order valence-electron chi connectivity index (χ1n) is 12.6. The summed E-state index contributed by atoms with van der Waals surface area (Å²) < 4.78 is 5.33. The average molecular weight is 503 g/mol. The monoisotopic (exact) mass is 502 g/mol. The lowest BCUT2D eigenvalue weighted by atomic mass is 9.90. The molecule has 0 radical (unpaired) electrons. The van der Waals surface area contributed by atoms with Crippen LogP contribution in [0.25, 0.3) is 11.3 Å². The first kappa shape index (κ1) is 26.1. The highest BCUT2D eigenvalue weighted by atomic mass is 16.6. The summed E-state index contributed by atoms with van der Waals surface area (Å²) in [4.78, 5) is 46.8. The van der Waals surface area contributed by atoms with Crippen LogP contribution in [0.2, 0.25) is 0 Å². The van der Waals surface area contributed by atoms with Crippen molar-refractivity contribution in [1.29, 1.82) is 0 Å². The Morgan fingerprint density at radius 3 is 2.62 bits per heavy atom. The Morgan fingerprint density at radius 1 is 1.14 bits per heavy atom. The molecule has 1 aliphatic rings. The van der Waals surface area contributed by atoms with Crippen molar-refractivity contribution in [3.8, 4) is 11.3 Å². The van der Waals surface area contributed by atoms with Crippen LogP contribution in [0.15, 0.2) is 48.7 Å². The van der Waals surface area contributed by atoms with Crippen LogP contribution in [0.1, 0.15) is 67.2 Å². The van der Waals surface area contributed by atoms with Gasteiger partial charge in [0.1, 0.15) is 11.4 Å². The predicted molar refractivity (Wildman–Crippen MR) is 143 cm³/mol. The van der Waals surface area contributed by atoms with Gasteiger partial charge in [0.05, 0.1) is 5.69 Å². The van der Waals surface area contributed by atoms with E-state index in [2.05, 4.69) is 27.4 Å². The molecule has 8 nitrogen and oxygen atoms in total. The van der Waals surface area contributed by atoms with Crippen molar-refractivity contribution in [3.05, 3.63) is 71.0 Å². The highest BCUT2D eigenvalue weighted by molar-refractivity contribution is 6.01. The topological polar surface area (TPSA) is 104 Å². The lowest BCUT2D eigenvalue weighted by molar-refractivity contribution is -0.116. The molecule has 0 spiro atoms. The number of Topliss-reactive ketones (excluding diaryl/α,β-unsaturated/α-hetero) is 1. The maximum absolute atomic E-state index is 12.9. The van der Waals surface area contributed by atoms with Crippen LogP contribution in [0, 0.1) is 0 Å². The van der Waals surface area contributed by atoms with E-state index in [4.69, 9.17) is 4.74 Å². The van der Waals surface area contributed by atoms with Gasteiger partial charge >= 0.3 is 6.09 Å². The number of amides is 2. The molecule has 0 unspecified atom stereocenters. The number of aryl methyl sites for hydroxylation is 1. The van der Waals surface area contributed by atoms with Crippen LogP contribution >= 0.6 is 0 Å². The van der Waals surface area contributed by atoms with Gasteiger partial charge in [0.15, 0.2) is 5.78 Å². The number of aromatic nitrogens is 2. The fraction of sp³-hybridized carbons (Fsp3) is 0.379. The molecule has 37 heavy (non-hydrogen) atoms. The molecule has 2 amide bonds. The number of carbonyl (C=O) groups is 3. The number of pyridine rings is 1. The van der Waals surface area contributed by atoms with E-state index in [1.54, 1.807) is 34.0 Å². The Morgan fingerprint density at radius 2 is 1.89 bits per heavy atom. The molecule has 0 aliphatic heterocycles. The summed E-state index contributed by atoms with van der Waals surface area (Å²) in [6.07, 6.45) is 4.14. The fourth-order valence-corrected chi connectivity index (χ4v) is 4.45. The third-order valence-electron chi connectivity index (χ3n) is 6.21. The number of fused-ring (bicyclic) bond motifs is 1. The molecule has 8 heteroatoms. The van der Waals surface area contributed by atoms with Crippen LogP contribution in [-0.4, -0.2) is 51.8 Å². The fourth-order valence-electron chi connectivity index (χ4n) is 4.45. The van der Waals surface area contributed by atoms with Crippen LogP contribution < -0.4 is 5.32 Å². The average Bonchev–Trinajstić information content (AvgIpc) is 3.22. The maximum atomic E-state index is 12.9. The third-order valence-corrected chi connectivity index (χ3v) is 6.21. The van der Waals surface area contributed by atoms with Gasteiger partial charge in [-0.15, -0.1) is 0 Å². The number of carbonyl (C=O) groups excluding carboxylic acids is 3. The van der Waals surface area contributed by atoms with Crippen molar-refractivity contribution in [2.75, 3.05) is 18.9 Å². The van der Waals surface area contributed by atoms with Gasteiger partial charge in [0.2, 0.25) is 5.91 Å². The maximum Gasteiger partial charge on any atom is 0.410 e. The van der Waals surface area contributed by atoms with Gasteiger partial charge in [-0.1, -0.05) is 30.3 Å². The molecule has 0 saturated carbocycles. The summed E-state index contributed by atoms with van der Waals surface area (Å²) in [6.45, 7) is 5.61. The van der Waals surface area contributed by atoms with Crippen molar-refractivity contribution in [2.45, 2.75) is 58.5 Å². The molecule has 194 valence electrons. The standard InChI is InChI=1S/C29H34N4O4/c1-29(2,3)37-28(36)33(4)16-14-25(35)32-24-18-20(13-15-30-24)27-21(17-19-9-6-5-7-10-19)26-22(31-27)11-8-12-23(26)34/h5-7,9-10,13,15,18,31H,8,11-12,14,16-17H2,1-4H3,(H,30,32,35). The second-order valence-electron chi connectivity index (χ2n) is 10.4. The summed E-state index contributed by atoms with van der Waals surface area (Å²) in [5, 5.41) is 2.82. The number of nitrogens with zero attached hydrogens (tertiary/aromatic N) is 2. The van der Waals surface area contributed by atoms with Crippen LogP contribution in [0.5, 0.6) is 0 Å². The molecule has 0 saturated heterocycles. The van der Waals surface area contributed by atoms with E-state index in [0.717, 1.165) is 46.5 Å². The lowest BCUT2D eigenvalue weighted by Crippen LogP contribution is -2.35. The minimum absolute atomic E-state index is 0.103. The van der Waals surface area contributed by atoms with E-state index in [1.807, 2.05) is 30.3 Å². The number of rotatable bonds is 7. The molecule has 1 aromatic carbocycles. The zero-order valence-corrected chi connectivity index (χ0v) is 21.9. The molecule has 2 heterocycles. The Balaban J connectivity index is 1.51. The summed E-state index contributed by atoms with van der Waals surface area (Å²) in [6, 6.07) is 13.8. The number of ketones is 1. The predicted octanol–water partition coefficient (Wildman–Crippen LogP) is 5.38. The van der Waals surface area contributed by atoms with E-state index >= 15 is 0 Å². The second-order valence-corrected chi connectivity index (χ2v) is 10.4. The number of nitrogens with one attached hydrogen (secondary N) is 2. The summed E-state index contributed by atoms with van der Waals surface area (Å²) >= 11 is 0. The van der Waals surface area contributed by atoms with E-state index in [-0.39, 0.29) is 24.7 Å². The molecule has 0 fully saturated rings. The number of anilines is 1. The van der Waals surface area contributed by atoms with Gasteiger partial charge < -0.3 is 19.9 Å². The van der Waals surface area contributed by atoms with Gasteiger partial charge in [-0.25, -0.2) is 9.78 Å². The van der Waals surface area contributed by atoms with Gasteiger partial charge in [-0.2, -0.15) is 0 Å². The number of hydrogen-bond acceptors (Lipinski definition) is 5. The quantitative estimate of drug-likeness (QED) is 0.451. The van der Waals surface area contributed by atoms with Gasteiger partial charge in [0.25, 0.3) is 0 Å². The van der Waals surface area contributed by atoms with Gasteiger partial charge in [-0.3, -0.25) is 9.59 Å². The zero-order valence-electron chi connectivity index (χ0n) is 21.9. The van der Waals surface area contributed by atoms with Crippen molar-refractivity contribution < 1.29 is 19.1 Å². The first-order valence-corrected chi connectivity index (χ1v) is 12.6.